The van der Waals surface area contributed by atoms with Crippen LogP contribution in [0.2, 0.25) is 0 Å². The molecule has 3 aromatic carbocycles. The third kappa shape index (κ3) is 9.82. The zero-order valence-corrected chi connectivity index (χ0v) is 27.8. The number of amides is 2. The van der Waals surface area contributed by atoms with Gasteiger partial charge in [-0.25, -0.2) is 0 Å². The van der Waals surface area contributed by atoms with Crippen molar-refractivity contribution >= 4 is 37.7 Å². The third-order valence-corrected chi connectivity index (χ3v) is 9.61. The summed E-state index contributed by atoms with van der Waals surface area (Å²) in [6.07, 6.45) is -2.07. The smallest absolute Gasteiger partial charge is 0.270 e. The van der Waals surface area contributed by atoms with Crippen molar-refractivity contribution in [1.82, 2.24) is 5.32 Å². The standard InChI is InChI=1S/C30H36N2O14S2/c1-42-47(38,39)13-11-45-20-3-5-22-19(15-20)17-32(26(34)8-7-25(33)31-9-10-44-18-27(35)36)24-16-21(46-12-14-48(40,41)43-2)4-6-23(24)29-28(22)30(29)37/h3-6,15-16,27,35-36H,7-14,17-18H2,1-2H3,(H,31,33). The SMILES string of the molecule is COS(=O)(=O)CCOc1ccc2c(c1)CN(C(=O)CCC(=O)NCCOCC(O)O)c1cc(OCCS(=O)(=O)OC)ccc1-c1c-2c1=O. The number of ether oxygens (including phenoxy) is 3. The number of benzene rings is 2. The van der Waals surface area contributed by atoms with E-state index in [0.717, 1.165) is 14.2 Å². The van der Waals surface area contributed by atoms with Gasteiger partial charge in [0, 0.05) is 42.1 Å². The van der Waals surface area contributed by atoms with Crippen molar-refractivity contribution in [2.75, 3.05) is 63.6 Å². The van der Waals surface area contributed by atoms with E-state index in [2.05, 4.69) is 13.7 Å². The van der Waals surface area contributed by atoms with Gasteiger partial charge in [0.1, 0.15) is 36.2 Å². The second-order valence-corrected chi connectivity index (χ2v) is 14.2. The quantitative estimate of drug-likeness (QED) is 0.0901. The van der Waals surface area contributed by atoms with Gasteiger partial charge in [-0.1, -0.05) is 6.07 Å². The third-order valence-electron chi connectivity index (χ3n) is 7.26. The molecule has 0 saturated heterocycles. The van der Waals surface area contributed by atoms with Gasteiger partial charge in [0.15, 0.2) is 11.7 Å². The van der Waals surface area contributed by atoms with Gasteiger partial charge in [0.25, 0.3) is 20.2 Å². The number of aliphatic hydroxyl groups is 2. The van der Waals surface area contributed by atoms with Gasteiger partial charge in [0.2, 0.25) is 11.8 Å². The molecule has 1 heterocycles. The maximum Gasteiger partial charge on any atom is 0.270 e. The molecule has 1 aliphatic rings. The van der Waals surface area contributed by atoms with Gasteiger partial charge in [-0.15, -0.1) is 0 Å². The van der Waals surface area contributed by atoms with E-state index in [4.69, 9.17) is 24.4 Å². The molecule has 0 atom stereocenters. The predicted molar refractivity (Wildman–Crippen MR) is 171 cm³/mol. The summed E-state index contributed by atoms with van der Waals surface area (Å²) in [6, 6.07) is 9.51. The lowest BCUT2D eigenvalue weighted by atomic mass is 9.98. The minimum atomic E-state index is -3.80. The molecule has 4 rings (SSSR count). The number of nitrogens with zero attached hydrogens (tertiary/aromatic N) is 1. The minimum Gasteiger partial charge on any atom is -0.492 e. The van der Waals surface area contributed by atoms with Crippen LogP contribution < -0.4 is 25.1 Å². The summed E-state index contributed by atoms with van der Waals surface area (Å²) in [6.45, 7) is -0.758. The number of carbonyl (C=O) groups is 2. The van der Waals surface area contributed by atoms with Crippen molar-refractivity contribution in [1.29, 1.82) is 0 Å². The zero-order chi connectivity index (χ0) is 35.1. The molecule has 18 heteroatoms. The fourth-order valence-corrected chi connectivity index (χ4v) is 5.73. The summed E-state index contributed by atoms with van der Waals surface area (Å²) >= 11 is 0. The molecule has 0 radical (unpaired) electrons. The van der Waals surface area contributed by atoms with Crippen LogP contribution in [-0.4, -0.2) is 104 Å². The van der Waals surface area contributed by atoms with Crippen molar-refractivity contribution in [2.45, 2.75) is 25.7 Å². The number of fused-ring (bicyclic) bond motifs is 5. The molecule has 1 aliphatic heterocycles. The van der Waals surface area contributed by atoms with E-state index in [9.17, 15) is 31.2 Å². The Kier molecular flexibility index (Phi) is 12.3. The van der Waals surface area contributed by atoms with Crippen molar-refractivity contribution < 1.29 is 59.2 Å². The Morgan fingerprint density at radius 1 is 0.854 bits per heavy atom. The number of hydrogen-bond donors (Lipinski definition) is 3. The van der Waals surface area contributed by atoms with E-state index in [0.29, 0.717) is 33.5 Å². The van der Waals surface area contributed by atoms with Crippen LogP contribution >= 0.6 is 0 Å². The maximum absolute atomic E-state index is 13.8. The van der Waals surface area contributed by atoms with Crippen molar-refractivity contribution in [3.05, 3.63) is 52.2 Å². The molecular weight excluding hydrogens is 676 g/mol. The first-order valence-corrected chi connectivity index (χ1v) is 17.8. The molecule has 0 fully saturated rings. The van der Waals surface area contributed by atoms with Crippen LogP contribution in [0.1, 0.15) is 18.4 Å². The van der Waals surface area contributed by atoms with E-state index >= 15 is 0 Å². The predicted octanol–water partition coefficient (Wildman–Crippen LogP) is 0.0367. The molecule has 16 nitrogen and oxygen atoms in total. The Balaban J connectivity index is 1.60. The number of hydrogen-bond acceptors (Lipinski definition) is 14. The molecule has 48 heavy (non-hydrogen) atoms. The molecule has 262 valence electrons. The summed E-state index contributed by atoms with van der Waals surface area (Å²) in [5.41, 5.74) is 2.41. The summed E-state index contributed by atoms with van der Waals surface area (Å²) in [4.78, 5) is 40.8. The molecule has 0 aromatic heterocycles. The van der Waals surface area contributed by atoms with Crippen molar-refractivity contribution in [3.63, 3.8) is 0 Å². The molecule has 3 aromatic rings. The molecule has 0 bridgehead atoms. The normalized spacial score (nSPS) is 13.0. The monoisotopic (exact) mass is 712 g/mol. The fraction of sp³-hybridized carbons (Fsp3) is 0.433. The zero-order valence-electron chi connectivity index (χ0n) is 26.2. The van der Waals surface area contributed by atoms with Gasteiger partial charge in [-0.3, -0.25) is 22.7 Å². The highest BCUT2D eigenvalue weighted by molar-refractivity contribution is 7.86. The lowest BCUT2D eigenvalue weighted by Crippen LogP contribution is -2.33. The molecule has 3 N–H and O–H groups in total. The molecule has 2 amide bonds. The number of anilines is 1. The maximum atomic E-state index is 13.8. The molecule has 0 unspecified atom stereocenters. The number of carbonyl (C=O) groups excluding carboxylic acids is 2. The lowest BCUT2D eigenvalue weighted by molar-refractivity contribution is -0.125. The van der Waals surface area contributed by atoms with E-state index in [1.807, 2.05) is 0 Å². The van der Waals surface area contributed by atoms with Gasteiger partial charge >= 0.3 is 0 Å². The van der Waals surface area contributed by atoms with Crippen LogP contribution in [0, 0.1) is 0 Å². The molecule has 0 saturated carbocycles. The van der Waals surface area contributed by atoms with E-state index in [-0.39, 0.29) is 69.3 Å². The first-order valence-electron chi connectivity index (χ1n) is 14.6. The van der Waals surface area contributed by atoms with Crippen LogP contribution in [0.4, 0.5) is 5.69 Å². The first-order chi connectivity index (χ1) is 22.7. The topological polar surface area (TPSA) is 221 Å². The first kappa shape index (κ1) is 36.9. The number of rotatable bonds is 18. The lowest BCUT2D eigenvalue weighted by Gasteiger charge is -2.28. The molecule has 0 spiro atoms. The molecular formula is C30H36N2O14S2. The van der Waals surface area contributed by atoms with Crippen LogP contribution in [0.15, 0.2) is 41.2 Å². The van der Waals surface area contributed by atoms with Gasteiger partial charge in [0.05, 0.1) is 39.7 Å². The van der Waals surface area contributed by atoms with Gasteiger partial charge in [-0.2, -0.15) is 16.8 Å². The second-order valence-electron chi connectivity index (χ2n) is 10.5. The summed E-state index contributed by atoms with van der Waals surface area (Å²) in [5, 5.41) is 20.3. The van der Waals surface area contributed by atoms with Crippen LogP contribution in [0.5, 0.6) is 11.5 Å². The number of aliphatic hydroxyl groups excluding tert-OH is 1. The van der Waals surface area contributed by atoms with Crippen LogP contribution in [0.3, 0.4) is 0 Å². The Hall–Kier alpha value is -3.91. The van der Waals surface area contributed by atoms with E-state index < -0.39 is 49.8 Å². The van der Waals surface area contributed by atoms with E-state index in [1.54, 1.807) is 30.3 Å². The molecule has 0 aliphatic carbocycles. The van der Waals surface area contributed by atoms with Crippen molar-refractivity contribution in [2.24, 2.45) is 0 Å². The minimum absolute atomic E-state index is 0.0231. The summed E-state index contributed by atoms with van der Waals surface area (Å²) in [5.74, 6) is -1.26. The Morgan fingerprint density at radius 2 is 1.44 bits per heavy atom. The van der Waals surface area contributed by atoms with Crippen LogP contribution in [0.25, 0.3) is 22.3 Å². The van der Waals surface area contributed by atoms with Gasteiger partial charge < -0.3 is 34.6 Å². The average Bonchev–Trinajstić information content (AvgIpc) is 3.70. The van der Waals surface area contributed by atoms with E-state index in [1.165, 1.54) is 11.0 Å². The number of nitrogens with one attached hydrogen (secondary N) is 1. The van der Waals surface area contributed by atoms with Gasteiger partial charge in [-0.05, 0) is 35.4 Å². The van der Waals surface area contributed by atoms with Crippen LogP contribution in [-0.2, 0) is 49.5 Å². The Morgan fingerprint density at radius 3 is 2.04 bits per heavy atom. The fourth-order valence-electron chi connectivity index (χ4n) is 4.82. The Labute approximate surface area is 277 Å². The highest BCUT2D eigenvalue weighted by atomic mass is 32.2. The summed E-state index contributed by atoms with van der Waals surface area (Å²) < 4.78 is 72.1. The summed E-state index contributed by atoms with van der Waals surface area (Å²) in [7, 11) is -5.48. The highest BCUT2D eigenvalue weighted by Crippen LogP contribution is 2.46. The largest absolute Gasteiger partial charge is 0.492 e. The highest BCUT2D eigenvalue weighted by Gasteiger charge is 2.35. The second kappa shape index (κ2) is 16.0. The Bertz CT molecular complexity index is 1850. The average molecular weight is 713 g/mol. The van der Waals surface area contributed by atoms with Crippen molar-refractivity contribution in [3.8, 4) is 33.8 Å².